The van der Waals surface area contributed by atoms with Gasteiger partial charge in [0.25, 0.3) is 5.91 Å². The summed E-state index contributed by atoms with van der Waals surface area (Å²) in [4.78, 5) is 28.6. The van der Waals surface area contributed by atoms with Gasteiger partial charge in [-0.15, -0.1) is 23.1 Å². The molecule has 3 N–H and O–H groups in total. The zero-order valence-electron chi connectivity index (χ0n) is 11.5. The number of hydrogen-bond acceptors (Lipinski definition) is 5. The fraction of sp³-hybridized carbons (Fsp3) is 0.214. The minimum Gasteiger partial charge on any atom is -0.369 e. The van der Waals surface area contributed by atoms with Crippen LogP contribution in [-0.2, 0) is 11.2 Å². The predicted octanol–water partition coefficient (Wildman–Crippen LogP) is 2.54. The molecule has 0 unspecified atom stereocenters. The van der Waals surface area contributed by atoms with Crippen molar-refractivity contribution in [2.45, 2.75) is 18.2 Å². The van der Waals surface area contributed by atoms with Crippen molar-refractivity contribution in [1.82, 2.24) is 4.98 Å². The molecule has 0 saturated heterocycles. The van der Waals surface area contributed by atoms with Gasteiger partial charge in [0, 0.05) is 4.90 Å². The van der Waals surface area contributed by atoms with Gasteiger partial charge in [-0.05, 0) is 18.6 Å². The highest BCUT2D eigenvalue weighted by molar-refractivity contribution is 8.00. The van der Waals surface area contributed by atoms with Crippen LogP contribution in [0.15, 0.2) is 35.4 Å². The van der Waals surface area contributed by atoms with Gasteiger partial charge in [0.1, 0.15) is 4.88 Å². The molecule has 0 bridgehead atoms. The molecule has 0 aliphatic rings. The lowest BCUT2D eigenvalue weighted by Gasteiger charge is -2.09. The Balaban J connectivity index is 2.11. The number of aryl methyl sites for hydroxylation is 1. The number of nitrogens with one attached hydrogen (secondary N) is 1. The summed E-state index contributed by atoms with van der Waals surface area (Å²) in [6.45, 7) is 2.00. The number of thiazole rings is 1. The summed E-state index contributed by atoms with van der Waals surface area (Å²) < 4.78 is 0. The number of thioether (sulfide) groups is 1. The number of rotatable bonds is 6. The Labute approximate surface area is 131 Å². The maximum atomic E-state index is 12.2. The number of para-hydroxylation sites is 1. The molecule has 2 rings (SSSR count). The van der Waals surface area contributed by atoms with Gasteiger partial charge in [-0.25, -0.2) is 4.98 Å². The van der Waals surface area contributed by atoms with Crippen LogP contribution in [0.2, 0.25) is 0 Å². The number of benzene rings is 1. The minimum atomic E-state index is -0.392. The number of nitrogens with two attached hydrogens (primary N) is 1. The van der Waals surface area contributed by atoms with Gasteiger partial charge in [-0.1, -0.05) is 19.1 Å². The molecule has 0 radical (unpaired) electrons. The number of primary amides is 1. The third-order valence-corrected chi connectivity index (χ3v) is 4.82. The van der Waals surface area contributed by atoms with E-state index in [1.165, 1.54) is 23.1 Å². The molecule has 1 aromatic heterocycles. The molecule has 0 spiro atoms. The lowest BCUT2D eigenvalue weighted by molar-refractivity contribution is -0.115. The molecule has 7 heteroatoms. The fourth-order valence-corrected chi connectivity index (χ4v) is 3.11. The fourth-order valence-electron chi connectivity index (χ4n) is 1.61. The number of aromatic nitrogens is 1. The maximum Gasteiger partial charge on any atom is 0.267 e. The topological polar surface area (TPSA) is 85.1 Å². The van der Waals surface area contributed by atoms with Crippen LogP contribution in [0.5, 0.6) is 0 Å². The van der Waals surface area contributed by atoms with E-state index < -0.39 is 5.91 Å². The molecule has 0 saturated carbocycles. The van der Waals surface area contributed by atoms with Gasteiger partial charge in [-0.2, -0.15) is 0 Å². The van der Waals surface area contributed by atoms with Crippen molar-refractivity contribution < 1.29 is 9.59 Å². The van der Waals surface area contributed by atoms with E-state index >= 15 is 0 Å². The molecule has 1 heterocycles. The maximum absolute atomic E-state index is 12.2. The first-order chi connectivity index (χ1) is 10.1. The lowest BCUT2D eigenvalue weighted by atomic mass is 10.3. The number of anilines is 1. The summed E-state index contributed by atoms with van der Waals surface area (Å²) in [6.07, 6.45) is 2.39. The summed E-state index contributed by atoms with van der Waals surface area (Å²) in [6, 6.07) is 7.31. The Kier molecular flexibility index (Phi) is 5.35. The lowest BCUT2D eigenvalue weighted by Crippen LogP contribution is -2.14. The Morgan fingerprint density at radius 1 is 1.38 bits per heavy atom. The summed E-state index contributed by atoms with van der Waals surface area (Å²) in [7, 11) is 0. The molecule has 0 atom stereocenters. The molecule has 5 nitrogen and oxygen atoms in total. The van der Waals surface area contributed by atoms with Crippen molar-refractivity contribution in [2.75, 3.05) is 11.1 Å². The molecule has 110 valence electrons. The summed E-state index contributed by atoms with van der Waals surface area (Å²) in [5, 5.41) is 3.77. The zero-order valence-corrected chi connectivity index (χ0v) is 13.1. The SMILES string of the molecule is CCc1ncc(C(=O)Nc2ccccc2SCC(N)=O)s1. The van der Waals surface area contributed by atoms with Crippen LogP contribution < -0.4 is 11.1 Å². The molecular formula is C14H15N3O2S2. The van der Waals surface area contributed by atoms with Crippen molar-refractivity contribution in [3.8, 4) is 0 Å². The number of nitrogens with zero attached hydrogens (tertiary/aromatic N) is 1. The normalized spacial score (nSPS) is 10.3. The largest absolute Gasteiger partial charge is 0.369 e. The van der Waals surface area contributed by atoms with Crippen LogP contribution in [0.4, 0.5) is 5.69 Å². The molecule has 1 aromatic carbocycles. The molecule has 2 amide bonds. The molecule has 0 aliphatic carbocycles. The molecule has 2 aromatic rings. The number of carbonyl (C=O) groups excluding carboxylic acids is 2. The first-order valence-electron chi connectivity index (χ1n) is 6.36. The van der Waals surface area contributed by atoms with E-state index in [1.54, 1.807) is 12.3 Å². The Hall–Kier alpha value is -1.86. The number of hydrogen-bond donors (Lipinski definition) is 2. The summed E-state index contributed by atoms with van der Waals surface area (Å²) in [5.41, 5.74) is 5.81. The van der Waals surface area contributed by atoms with Crippen LogP contribution in [0, 0.1) is 0 Å². The van der Waals surface area contributed by atoms with E-state index in [0.29, 0.717) is 10.6 Å². The molecular weight excluding hydrogens is 306 g/mol. The van der Waals surface area contributed by atoms with Gasteiger partial charge in [0.2, 0.25) is 5.91 Å². The van der Waals surface area contributed by atoms with Crippen LogP contribution in [0.25, 0.3) is 0 Å². The van der Waals surface area contributed by atoms with E-state index in [9.17, 15) is 9.59 Å². The minimum absolute atomic E-state index is 0.174. The van der Waals surface area contributed by atoms with Crippen LogP contribution in [-0.4, -0.2) is 22.6 Å². The van der Waals surface area contributed by atoms with Crippen LogP contribution in [0.3, 0.4) is 0 Å². The second-order valence-corrected chi connectivity index (χ2v) is 6.31. The van der Waals surface area contributed by atoms with E-state index in [-0.39, 0.29) is 11.7 Å². The molecule has 21 heavy (non-hydrogen) atoms. The Morgan fingerprint density at radius 3 is 2.81 bits per heavy atom. The van der Waals surface area contributed by atoms with Gasteiger partial charge in [0.15, 0.2) is 0 Å². The predicted molar refractivity (Wildman–Crippen MR) is 85.8 cm³/mol. The molecule has 0 aliphatic heterocycles. The van der Waals surface area contributed by atoms with Crippen LogP contribution >= 0.6 is 23.1 Å². The summed E-state index contributed by atoms with van der Waals surface area (Å²) in [5.74, 6) is -0.413. The number of amides is 2. The number of carbonyl (C=O) groups is 2. The monoisotopic (exact) mass is 321 g/mol. The highest BCUT2D eigenvalue weighted by atomic mass is 32.2. The highest BCUT2D eigenvalue weighted by Crippen LogP contribution is 2.27. The first-order valence-corrected chi connectivity index (χ1v) is 8.16. The van der Waals surface area contributed by atoms with E-state index in [1.807, 2.05) is 25.1 Å². The van der Waals surface area contributed by atoms with Crippen molar-refractivity contribution in [3.63, 3.8) is 0 Å². The smallest absolute Gasteiger partial charge is 0.267 e. The Bertz CT molecular complexity index is 655. The quantitative estimate of drug-likeness (QED) is 0.801. The van der Waals surface area contributed by atoms with Gasteiger partial charge in [-0.3, -0.25) is 9.59 Å². The standard InChI is InChI=1S/C14H15N3O2S2/c1-2-13-16-7-11(21-13)14(19)17-9-5-3-4-6-10(9)20-8-12(15)18/h3-7H,2,8H2,1H3,(H2,15,18)(H,17,19). The first kappa shape index (κ1) is 15.5. The average Bonchev–Trinajstić information content (AvgIpc) is 2.95. The molecule has 0 fully saturated rings. The third-order valence-electron chi connectivity index (χ3n) is 2.58. The third kappa shape index (κ3) is 4.30. The van der Waals surface area contributed by atoms with Gasteiger partial charge in [0.05, 0.1) is 22.6 Å². The van der Waals surface area contributed by atoms with Crippen molar-refractivity contribution in [3.05, 3.63) is 40.3 Å². The van der Waals surface area contributed by atoms with Gasteiger partial charge >= 0.3 is 0 Å². The van der Waals surface area contributed by atoms with Gasteiger partial charge < -0.3 is 11.1 Å². The van der Waals surface area contributed by atoms with E-state index in [2.05, 4.69) is 10.3 Å². The second-order valence-electron chi connectivity index (χ2n) is 4.18. The van der Waals surface area contributed by atoms with E-state index in [0.717, 1.165) is 16.3 Å². The summed E-state index contributed by atoms with van der Waals surface area (Å²) >= 11 is 2.68. The Morgan fingerprint density at radius 2 is 2.14 bits per heavy atom. The van der Waals surface area contributed by atoms with Crippen LogP contribution in [0.1, 0.15) is 21.6 Å². The van der Waals surface area contributed by atoms with Crippen molar-refractivity contribution >= 4 is 40.6 Å². The zero-order chi connectivity index (χ0) is 15.2. The average molecular weight is 321 g/mol. The van der Waals surface area contributed by atoms with E-state index in [4.69, 9.17) is 5.73 Å². The van der Waals surface area contributed by atoms with Crippen molar-refractivity contribution in [2.24, 2.45) is 5.73 Å². The second kappa shape index (κ2) is 7.24. The van der Waals surface area contributed by atoms with Crippen molar-refractivity contribution in [1.29, 1.82) is 0 Å². The highest BCUT2D eigenvalue weighted by Gasteiger charge is 2.12.